The molecule has 0 fully saturated rings. The van der Waals surface area contributed by atoms with Crippen molar-refractivity contribution in [2.45, 2.75) is 0 Å². The maximum Gasteiger partial charge on any atom is 0.519 e. The highest BCUT2D eigenvalue weighted by Gasteiger charge is 2.36. The quantitative estimate of drug-likeness (QED) is 0.260. The number of thioether (sulfide) groups is 1. The summed E-state index contributed by atoms with van der Waals surface area (Å²) in [7, 11) is 1.85. The molecule has 0 amide bonds. The first-order valence-corrected chi connectivity index (χ1v) is 13.1. The minimum atomic E-state index is -0.208. The van der Waals surface area contributed by atoms with E-state index in [4.69, 9.17) is 9.39 Å². The van der Waals surface area contributed by atoms with Gasteiger partial charge in [0.25, 0.3) is 0 Å². The van der Waals surface area contributed by atoms with Crippen LogP contribution in [0.2, 0.25) is 0 Å². The van der Waals surface area contributed by atoms with Gasteiger partial charge in [0.05, 0.1) is 16.7 Å². The molecule has 0 bridgehead atoms. The van der Waals surface area contributed by atoms with Crippen molar-refractivity contribution in [2.75, 3.05) is 7.05 Å². The monoisotopic (exact) mass is 499 g/mol. The van der Waals surface area contributed by atoms with Crippen molar-refractivity contribution in [1.82, 2.24) is 14.4 Å². The highest BCUT2D eigenvalue weighted by atomic mass is 32.2. The number of pyridine rings is 1. The average molecular weight is 499 g/mol. The van der Waals surface area contributed by atoms with Crippen molar-refractivity contribution in [3.05, 3.63) is 126 Å². The number of benzene rings is 3. The van der Waals surface area contributed by atoms with Crippen LogP contribution in [0, 0.1) is 0 Å². The van der Waals surface area contributed by atoms with Crippen LogP contribution in [-0.4, -0.2) is 28.5 Å². The summed E-state index contributed by atoms with van der Waals surface area (Å²) in [6, 6.07) is 28.7. The topological polar surface area (TPSA) is 39.5 Å². The smallest absolute Gasteiger partial charge is 0.519 e. The summed E-state index contributed by atoms with van der Waals surface area (Å²) in [4.78, 5) is 6.77. The van der Waals surface area contributed by atoms with Crippen molar-refractivity contribution in [2.24, 2.45) is 0 Å². The molecule has 5 aromatic rings. The van der Waals surface area contributed by atoms with Crippen LogP contribution >= 0.6 is 11.8 Å². The molecule has 0 N–H and O–H groups in total. The predicted molar refractivity (Wildman–Crippen MR) is 152 cm³/mol. The van der Waals surface area contributed by atoms with Crippen molar-refractivity contribution < 1.29 is 9.39 Å². The predicted octanol–water partition coefficient (Wildman–Crippen LogP) is 6.61. The Kier molecular flexibility index (Phi) is 5.29. The van der Waals surface area contributed by atoms with Gasteiger partial charge in [-0.3, -0.25) is 4.57 Å². The highest BCUT2D eigenvalue weighted by molar-refractivity contribution is 8.04. The van der Waals surface area contributed by atoms with Crippen LogP contribution < -0.4 is 10.2 Å². The van der Waals surface area contributed by atoms with Gasteiger partial charge in [-0.2, -0.15) is 0 Å². The van der Waals surface area contributed by atoms with E-state index in [1.807, 2.05) is 60.1 Å². The minimum Gasteiger partial charge on any atom is -0.536 e. The summed E-state index contributed by atoms with van der Waals surface area (Å²) in [6.45, 7) is 0. The zero-order valence-electron chi connectivity index (χ0n) is 20.1. The van der Waals surface area contributed by atoms with Gasteiger partial charge in [0, 0.05) is 23.0 Å². The van der Waals surface area contributed by atoms with E-state index < -0.39 is 0 Å². The van der Waals surface area contributed by atoms with Gasteiger partial charge in [0.15, 0.2) is 0 Å². The second-order valence-corrected chi connectivity index (χ2v) is 9.78. The summed E-state index contributed by atoms with van der Waals surface area (Å²) < 4.78 is 14.9. The van der Waals surface area contributed by atoms with Crippen LogP contribution in [0.5, 0.6) is 11.5 Å². The van der Waals surface area contributed by atoms with Gasteiger partial charge in [-0.25, -0.2) is 4.98 Å². The zero-order chi connectivity index (χ0) is 24.8. The third-order valence-corrected chi connectivity index (χ3v) is 7.31. The van der Waals surface area contributed by atoms with E-state index in [1.54, 1.807) is 11.8 Å². The normalized spacial score (nSPS) is 14.8. The molecule has 0 unspecified atom stereocenters. The van der Waals surface area contributed by atoms with Crippen LogP contribution in [0.1, 0.15) is 0 Å². The van der Waals surface area contributed by atoms with Crippen LogP contribution in [-0.2, 0) is 4.65 Å². The van der Waals surface area contributed by atoms with Gasteiger partial charge in [0.1, 0.15) is 23.1 Å². The van der Waals surface area contributed by atoms with Crippen molar-refractivity contribution in [3.8, 4) is 17.3 Å². The second-order valence-electron chi connectivity index (χ2n) is 8.97. The Morgan fingerprint density at radius 1 is 0.811 bits per heavy atom. The molecule has 2 aliphatic heterocycles. The number of aromatic nitrogens is 2. The Bertz CT molecular complexity index is 1740. The third-order valence-electron chi connectivity index (χ3n) is 6.73. The molecule has 0 spiro atoms. The molecule has 5 nitrogen and oxygen atoms in total. The molecule has 0 radical (unpaired) electrons. The fourth-order valence-electron chi connectivity index (χ4n) is 5.04. The fourth-order valence-corrected chi connectivity index (χ4v) is 5.54. The Hall–Kier alpha value is -4.36. The lowest BCUT2D eigenvalue weighted by molar-refractivity contribution is 0.459. The lowest BCUT2D eigenvalue weighted by atomic mass is 9.72. The summed E-state index contributed by atoms with van der Waals surface area (Å²) in [5, 5.41) is 6.46. The molecular formula is C30H22BN3O2S. The third kappa shape index (κ3) is 3.79. The number of fused-ring (bicyclic) bond motifs is 3. The fraction of sp³-hybridized carbons (Fsp3) is 0.0333. The van der Waals surface area contributed by atoms with Gasteiger partial charge < -0.3 is 14.2 Å². The Morgan fingerprint density at radius 3 is 2.57 bits per heavy atom. The van der Waals surface area contributed by atoms with E-state index in [0.29, 0.717) is 0 Å². The van der Waals surface area contributed by atoms with E-state index in [9.17, 15) is 0 Å². The van der Waals surface area contributed by atoms with E-state index in [2.05, 4.69) is 75.4 Å². The van der Waals surface area contributed by atoms with E-state index in [0.717, 1.165) is 50.7 Å². The first kappa shape index (κ1) is 21.9. The number of hydrogen-bond donors (Lipinski definition) is 0. The van der Waals surface area contributed by atoms with Gasteiger partial charge in [-0.15, -0.1) is 11.8 Å². The average Bonchev–Trinajstić information content (AvgIpc) is 3.31. The molecule has 7 heteroatoms. The molecule has 2 aromatic heterocycles. The van der Waals surface area contributed by atoms with Crippen molar-refractivity contribution >= 4 is 46.1 Å². The molecule has 0 saturated carbocycles. The molecule has 4 heterocycles. The number of nitrogens with zero attached hydrogens (tertiary/aromatic N) is 3. The summed E-state index contributed by atoms with van der Waals surface area (Å²) in [5.41, 5.74) is 4.28. The molecule has 178 valence electrons. The van der Waals surface area contributed by atoms with E-state index >= 15 is 0 Å². The van der Waals surface area contributed by atoms with Gasteiger partial charge in [-0.1, -0.05) is 36.4 Å². The molecule has 0 aliphatic carbocycles. The summed E-state index contributed by atoms with van der Waals surface area (Å²) in [6.07, 6.45) is 5.94. The summed E-state index contributed by atoms with van der Waals surface area (Å²) in [5.74, 6) is 3.29. The molecule has 37 heavy (non-hydrogen) atoms. The minimum absolute atomic E-state index is 0.208. The maximum absolute atomic E-state index is 6.39. The van der Waals surface area contributed by atoms with Crippen LogP contribution in [0.4, 0.5) is 0 Å². The highest BCUT2D eigenvalue weighted by Crippen LogP contribution is 2.35. The SMILES string of the molecule is CN1B(c2cccc(Oc3ccc4c5ccccc5n(-c5ccccn5)c4c3)c2)OC2=C1C=CSC=C2. The lowest BCUT2D eigenvalue weighted by Gasteiger charge is -2.18. The van der Waals surface area contributed by atoms with Crippen molar-refractivity contribution in [3.63, 3.8) is 0 Å². The number of allylic oxidation sites excluding steroid dienone is 2. The molecule has 0 saturated heterocycles. The molecule has 2 aliphatic rings. The van der Waals surface area contributed by atoms with Crippen LogP contribution in [0.15, 0.2) is 126 Å². The number of rotatable bonds is 4. The Morgan fingerprint density at radius 2 is 1.65 bits per heavy atom. The first-order valence-electron chi connectivity index (χ1n) is 12.1. The standard InChI is InChI=1S/C30H22BN3O2S/c1-33-27-14-17-37-18-15-29(27)36-31(33)21-7-6-8-22(19-21)35-23-12-13-25-24-9-2-3-10-26(24)34(28(25)20-23)30-11-4-5-16-32-30/h2-20H,1H3. The molecule has 0 atom stereocenters. The Labute approximate surface area is 219 Å². The molecule has 7 rings (SSSR count). The van der Waals surface area contributed by atoms with Crippen LogP contribution in [0.25, 0.3) is 27.6 Å². The van der Waals surface area contributed by atoms with Gasteiger partial charge >= 0.3 is 7.05 Å². The number of likely N-dealkylation sites (N-methyl/N-ethyl adjacent to an activating group) is 1. The number of ether oxygens (including phenoxy) is 1. The molecule has 3 aromatic carbocycles. The van der Waals surface area contributed by atoms with Crippen molar-refractivity contribution in [1.29, 1.82) is 0 Å². The van der Waals surface area contributed by atoms with Gasteiger partial charge in [0.2, 0.25) is 0 Å². The molecular weight excluding hydrogens is 477 g/mol. The zero-order valence-corrected chi connectivity index (χ0v) is 20.9. The lowest BCUT2D eigenvalue weighted by Crippen LogP contribution is -2.43. The van der Waals surface area contributed by atoms with Crippen LogP contribution in [0.3, 0.4) is 0 Å². The number of hydrogen-bond acceptors (Lipinski definition) is 5. The summed E-state index contributed by atoms with van der Waals surface area (Å²) >= 11 is 1.64. The van der Waals surface area contributed by atoms with E-state index in [-0.39, 0.29) is 7.05 Å². The second kappa shape index (κ2) is 8.94. The first-order chi connectivity index (χ1) is 18.3. The van der Waals surface area contributed by atoms with E-state index in [1.165, 1.54) is 5.39 Å². The Balaban J connectivity index is 1.24. The number of para-hydroxylation sites is 1. The van der Waals surface area contributed by atoms with Gasteiger partial charge in [-0.05, 0) is 77.9 Å². The largest absolute Gasteiger partial charge is 0.536 e. The maximum atomic E-state index is 6.39.